The average Bonchev–Trinajstić information content (AvgIpc) is 2.57. The largest absolute Gasteiger partial charge is 0.346 e. The van der Waals surface area contributed by atoms with Crippen molar-refractivity contribution in [1.82, 2.24) is 19.8 Å². The second-order valence-corrected chi connectivity index (χ2v) is 4.28. The Hall–Kier alpha value is -1.63. The van der Waals surface area contributed by atoms with Crippen LogP contribution in [0.2, 0.25) is 0 Å². The molecule has 7 heteroatoms. The van der Waals surface area contributed by atoms with Crippen LogP contribution in [0.15, 0.2) is 4.79 Å². The lowest BCUT2D eigenvalue weighted by Crippen LogP contribution is -2.33. The van der Waals surface area contributed by atoms with Crippen molar-refractivity contribution in [2.75, 3.05) is 6.61 Å². The van der Waals surface area contributed by atoms with Crippen molar-refractivity contribution < 1.29 is 9.63 Å². The van der Waals surface area contributed by atoms with E-state index in [0.717, 1.165) is 31.5 Å². The third-order valence-electron chi connectivity index (χ3n) is 2.91. The molecule has 2 heterocycles. The number of carbonyl (C=O) groups excluding carboxylic acids is 1. The molecule has 0 saturated heterocycles. The van der Waals surface area contributed by atoms with Crippen molar-refractivity contribution in [2.24, 2.45) is 0 Å². The molecule has 0 unspecified atom stereocenters. The van der Waals surface area contributed by atoms with E-state index in [4.69, 9.17) is 4.84 Å². The highest BCUT2D eigenvalue weighted by Crippen LogP contribution is 2.09. The molecule has 0 atom stereocenters. The minimum Gasteiger partial charge on any atom is -0.279 e. The number of aryl methyl sites for hydroxylation is 1. The van der Waals surface area contributed by atoms with Gasteiger partial charge in [-0.25, -0.2) is 15.0 Å². The highest BCUT2D eigenvalue weighted by molar-refractivity contribution is 5.74. The Morgan fingerprint density at radius 1 is 1.44 bits per heavy atom. The van der Waals surface area contributed by atoms with Gasteiger partial charge in [0, 0.05) is 13.0 Å². The molecule has 1 aliphatic rings. The molecule has 0 aromatic carbocycles. The summed E-state index contributed by atoms with van der Waals surface area (Å²) in [6.45, 7) is 2.76. The number of rotatable bonds is 4. The van der Waals surface area contributed by atoms with Gasteiger partial charge >= 0.3 is 5.69 Å². The van der Waals surface area contributed by atoms with Crippen LogP contribution in [0.4, 0.5) is 0 Å². The van der Waals surface area contributed by atoms with E-state index in [1.807, 2.05) is 0 Å². The summed E-state index contributed by atoms with van der Waals surface area (Å²) < 4.78 is 2.87. The Bertz CT molecular complexity index is 477. The first-order valence-electron chi connectivity index (χ1n) is 6.29. The van der Waals surface area contributed by atoms with Crippen LogP contribution in [0, 0.1) is 0 Å². The molecule has 0 bridgehead atoms. The Morgan fingerprint density at radius 3 is 3.06 bits per heavy atom. The number of amides is 1. The van der Waals surface area contributed by atoms with Crippen molar-refractivity contribution in [3.63, 3.8) is 0 Å². The number of fused-ring (bicyclic) bond motifs is 1. The lowest BCUT2D eigenvalue weighted by molar-refractivity contribution is -0.134. The monoisotopic (exact) mass is 254 g/mol. The minimum absolute atomic E-state index is 0.0984. The molecule has 2 rings (SSSR count). The molecular formula is C11H18N4O3. The zero-order chi connectivity index (χ0) is 13.0. The van der Waals surface area contributed by atoms with E-state index >= 15 is 0 Å². The summed E-state index contributed by atoms with van der Waals surface area (Å²) in [7, 11) is 0. The standard InChI is InChI=1S/C11H18N4O3/c1-2-18-13-10(16)8-15-11(17)14-7-5-3-4-6-9(14)12-15/h2-8H2,1H3,(H,13,16). The van der Waals surface area contributed by atoms with Gasteiger partial charge in [0.25, 0.3) is 5.91 Å². The molecule has 0 aliphatic carbocycles. The zero-order valence-corrected chi connectivity index (χ0v) is 10.5. The van der Waals surface area contributed by atoms with Crippen LogP contribution in [0.1, 0.15) is 32.0 Å². The molecule has 100 valence electrons. The van der Waals surface area contributed by atoms with Crippen LogP contribution >= 0.6 is 0 Å². The van der Waals surface area contributed by atoms with Crippen molar-refractivity contribution in [2.45, 2.75) is 45.7 Å². The van der Waals surface area contributed by atoms with Crippen LogP contribution in [0.5, 0.6) is 0 Å². The van der Waals surface area contributed by atoms with E-state index in [9.17, 15) is 9.59 Å². The third kappa shape index (κ3) is 2.79. The van der Waals surface area contributed by atoms with E-state index < -0.39 is 0 Å². The predicted molar refractivity (Wildman–Crippen MR) is 63.8 cm³/mol. The van der Waals surface area contributed by atoms with E-state index in [1.165, 1.54) is 4.68 Å². The van der Waals surface area contributed by atoms with Crippen LogP contribution in [0.3, 0.4) is 0 Å². The van der Waals surface area contributed by atoms with Crippen LogP contribution in [-0.2, 0) is 29.1 Å². The number of aromatic nitrogens is 3. The van der Waals surface area contributed by atoms with Gasteiger partial charge in [-0.1, -0.05) is 6.42 Å². The maximum atomic E-state index is 12.0. The van der Waals surface area contributed by atoms with E-state index in [2.05, 4.69) is 10.6 Å². The maximum Gasteiger partial charge on any atom is 0.346 e. The summed E-state index contributed by atoms with van der Waals surface area (Å²) in [6, 6.07) is 0. The van der Waals surface area contributed by atoms with Gasteiger partial charge in [-0.3, -0.25) is 14.2 Å². The Kier molecular flexibility index (Phi) is 4.14. The Morgan fingerprint density at radius 2 is 2.28 bits per heavy atom. The van der Waals surface area contributed by atoms with E-state index in [-0.39, 0.29) is 18.1 Å². The molecule has 0 saturated carbocycles. The molecule has 0 fully saturated rings. The van der Waals surface area contributed by atoms with Gasteiger partial charge in [0.1, 0.15) is 12.4 Å². The fourth-order valence-corrected chi connectivity index (χ4v) is 2.05. The second kappa shape index (κ2) is 5.81. The van der Waals surface area contributed by atoms with Crippen molar-refractivity contribution in [3.8, 4) is 0 Å². The molecule has 1 N–H and O–H groups in total. The van der Waals surface area contributed by atoms with E-state index in [0.29, 0.717) is 13.2 Å². The summed E-state index contributed by atoms with van der Waals surface area (Å²) in [5.41, 5.74) is 2.04. The van der Waals surface area contributed by atoms with Gasteiger partial charge in [-0.2, -0.15) is 5.10 Å². The lowest BCUT2D eigenvalue weighted by atomic mass is 10.2. The van der Waals surface area contributed by atoms with Crippen LogP contribution in [-0.4, -0.2) is 26.9 Å². The molecule has 1 aromatic heterocycles. The van der Waals surface area contributed by atoms with Gasteiger partial charge in [0.15, 0.2) is 0 Å². The van der Waals surface area contributed by atoms with Gasteiger partial charge in [0.2, 0.25) is 0 Å². The number of carbonyl (C=O) groups is 1. The second-order valence-electron chi connectivity index (χ2n) is 4.28. The molecule has 7 nitrogen and oxygen atoms in total. The fraction of sp³-hybridized carbons (Fsp3) is 0.727. The highest BCUT2D eigenvalue weighted by Gasteiger charge is 2.16. The molecule has 0 radical (unpaired) electrons. The highest BCUT2D eigenvalue weighted by atomic mass is 16.6. The number of nitrogens with one attached hydrogen (secondary N) is 1. The first-order valence-corrected chi connectivity index (χ1v) is 6.29. The first kappa shape index (κ1) is 12.8. The summed E-state index contributed by atoms with van der Waals surface area (Å²) in [5.74, 6) is 0.411. The molecule has 1 aliphatic heterocycles. The van der Waals surface area contributed by atoms with Gasteiger partial charge in [0.05, 0.1) is 6.61 Å². The average molecular weight is 254 g/mol. The number of hydroxylamine groups is 1. The van der Waals surface area contributed by atoms with Crippen LogP contribution in [0.25, 0.3) is 0 Å². The molecule has 1 amide bonds. The topological polar surface area (TPSA) is 78.2 Å². The normalized spacial score (nSPS) is 14.9. The smallest absolute Gasteiger partial charge is 0.279 e. The quantitative estimate of drug-likeness (QED) is 0.757. The van der Waals surface area contributed by atoms with Gasteiger partial charge < -0.3 is 0 Å². The van der Waals surface area contributed by atoms with E-state index in [1.54, 1.807) is 11.5 Å². The van der Waals surface area contributed by atoms with Crippen LogP contribution < -0.4 is 11.2 Å². The summed E-state index contributed by atoms with van der Waals surface area (Å²) >= 11 is 0. The number of hydrogen-bond donors (Lipinski definition) is 1. The third-order valence-corrected chi connectivity index (χ3v) is 2.91. The maximum absolute atomic E-state index is 12.0. The van der Waals surface area contributed by atoms with Gasteiger partial charge in [-0.05, 0) is 19.8 Å². The van der Waals surface area contributed by atoms with Crippen molar-refractivity contribution in [1.29, 1.82) is 0 Å². The molecule has 0 spiro atoms. The minimum atomic E-state index is -0.368. The van der Waals surface area contributed by atoms with Crippen molar-refractivity contribution >= 4 is 5.91 Å². The summed E-state index contributed by atoms with van der Waals surface area (Å²) in [6.07, 6.45) is 3.95. The fourth-order valence-electron chi connectivity index (χ4n) is 2.05. The number of hydrogen-bond acceptors (Lipinski definition) is 4. The summed E-state index contributed by atoms with van der Waals surface area (Å²) in [4.78, 5) is 28.3. The zero-order valence-electron chi connectivity index (χ0n) is 10.5. The SMILES string of the molecule is CCONC(=O)Cn1nc2n(c1=O)CCCCC2. The Labute approximate surface area is 105 Å². The molecule has 1 aromatic rings. The number of nitrogens with zero attached hydrogens (tertiary/aromatic N) is 3. The van der Waals surface area contributed by atoms with Gasteiger partial charge in [-0.15, -0.1) is 0 Å². The summed E-state index contributed by atoms with van der Waals surface area (Å²) in [5, 5.41) is 4.21. The van der Waals surface area contributed by atoms with Crippen molar-refractivity contribution in [3.05, 3.63) is 16.3 Å². The first-order chi connectivity index (χ1) is 8.72. The molecule has 18 heavy (non-hydrogen) atoms. The molecular weight excluding hydrogens is 236 g/mol. The predicted octanol–water partition coefficient (Wildman–Crippen LogP) is -0.161. The Balaban J connectivity index is 2.10. The lowest BCUT2D eigenvalue weighted by Gasteiger charge is -2.02.